The zero-order chi connectivity index (χ0) is 12.8. The lowest BCUT2D eigenvalue weighted by Gasteiger charge is -2.04. The van der Waals surface area contributed by atoms with E-state index in [2.05, 4.69) is 11.8 Å². The molecule has 0 fully saturated rings. The van der Waals surface area contributed by atoms with Gasteiger partial charge in [0.15, 0.2) is 0 Å². The fourth-order valence-corrected chi connectivity index (χ4v) is 1.69. The van der Waals surface area contributed by atoms with Crippen LogP contribution in [0.25, 0.3) is 0 Å². The number of carbonyl (C=O) groups excluding carboxylic acids is 1. The Morgan fingerprint density at radius 1 is 1.22 bits per heavy atom. The molecule has 0 unspecified atom stereocenters. The van der Waals surface area contributed by atoms with Crippen LogP contribution in [0.2, 0.25) is 0 Å². The first-order valence-electron chi connectivity index (χ1n) is 5.80. The molecule has 1 aliphatic rings. The van der Waals surface area contributed by atoms with Gasteiger partial charge in [-0.15, -0.1) is 5.73 Å². The molecule has 2 heteroatoms. The molecule has 18 heavy (non-hydrogen) atoms. The lowest BCUT2D eigenvalue weighted by molar-refractivity contribution is -0.131. The summed E-state index contributed by atoms with van der Waals surface area (Å²) < 4.78 is 4.99. The van der Waals surface area contributed by atoms with E-state index < -0.39 is 0 Å². The SMILES string of the molecule is CC(=O)Oc1ccc(CC2=CC=C=CC=C2)cc1. The minimum absolute atomic E-state index is 0.298. The summed E-state index contributed by atoms with van der Waals surface area (Å²) in [5.41, 5.74) is 5.42. The lowest BCUT2D eigenvalue weighted by atomic mass is 10.0. The molecule has 0 saturated carbocycles. The van der Waals surface area contributed by atoms with Gasteiger partial charge in [0.2, 0.25) is 0 Å². The van der Waals surface area contributed by atoms with Crippen LogP contribution in [0.15, 0.2) is 65.9 Å². The average molecular weight is 238 g/mol. The monoisotopic (exact) mass is 238 g/mol. The number of ether oxygens (including phenoxy) is 1. The molecule has 0 amide bonds. The van der Waals surface area contributed by atoms with Gasteiger partial charge < -0.3 is 4.74 Å². The number of carbonyl (C=O) groups is 1. The van der Waals surface area contributed by atoms with E-state index in [1.807, 2.05) is 48.6 Å². The Bertz CT molecular complexity index is 553. The largest absolute Gasteiger partial charge is 0.427 e. The minimum atomic E-state index is -0.298. The number of allylic oxidation sites excluding steroid dienone is 5. The quantitative estimate of drug-likeness (QED) is 0.458. The molecule has 0 atom stereocenters. The fraction of sp³-hybridized carbons (Fsp3) is 0.125. The third-order valence-corrected chi connectivity index (χ3v) is 2.49. The van der Waals surface area contributed by atoms with Crippen LogP contribution in [-0.2, 0) is 11.2 Å². The molecular formula is C16H14O2. The zero-order valence-corrected chi connectivity index (χ0v) is 10.2. The summed E-state index contributed by atoms with van der Waals surface area (Å²) in [5, 5.41) is 0. The molecule has 2 rings (SSSR count). The summed E-state index contributed by atoms with van der Waals surface area (Å²) in [5.74, 6) is 0.284. The first-order valence-corrected chi connectivity index (χ1v) is 5.80. The van der Waals surface area contributed by atoms with Gasteiger partial charge in [-0.1, -0.05) is 30.4 Å². The number of rotatable bonds is 3. The number of hydrogen-bond donors (Lipinski definition) is 0. The maximum Gasteiger partial charge on any atom is 0.308 e. The van der Waals surface area contributed by atoms with Crippen molar-refractivity contribution in [2.45, 2.75) is 13.3 Å². The van der Waals surface area contributed by atoms with Crippen molar-refractivity contribution in [2.24, 2.45) is 0 Å². The molecule has 0 bridgehead atoms. The predicted octanol–water partition coefficient (Wildman–Crippen LogP) is 3.36. The molecule has 90 valence electrons. The van der Waals surface area contributed by atoms with Crippen LogP contribution in [0.1, 0.15) is 12.5 Å². The second-order valence-corrected chi connectivity index (χ2v) is 4.02. The summed E-state index contributed by atoms with van der Waals surface area (Å²) in [4.78, 5) is 10.8. The lowest BCUT2D eigenvalue weighted by Crippen LogP contribution is -2.01. The Hall–Kier alpha value is -2.31. The summed E-state index contributed by atoms with van der Waals surface area (Å²) >= 11 is 0. The summed E-state index contributed by atoms with van der Waals surface area (Å²) in [7, 11) is 0. The second kappa shape index (κ2) is 5.85. The van der Waals surface area contributed by atoms with Crippen LogP contribution in [0.4, 0.5) is 0 Å². The highest BCUT2D eigenvalue weighted by molar-refractivity contribution is 5.69. The predicted molar refractivity (Wildman–Crippen MR) is 71.3 cm³/mol. The van der Waals surface area contributed by atoms with Crippen molar-refractivity contribution in [3.8, 4) is 5.75 Å². The van der Waals surface area contributed by atoms with E-state index in [0.29, 0.717) is 5.75 Å². The van der Waals surface area contributed by atoms with Gasteiger partial charge in [0.1, 0.15) is 5.75 Å². The van der Waals surface area contributed by atoms with Crippen molar-refractivity contribution in [1.82, 2.24) is 0 Å². The molecule has 0 spiro atoms. The van der Waals surface area contributed by atoms with Gasteiger partial charge in [0.05, 0.1) is 0 Å². The van der Waals surface area contributed by atoms with Gasteiger partial charge in [0.25, 0.3) is 0 Å². The van der Waals surface area contributed by atoms with Crippen LogP contribution in [0.3, 0.4) is 0 Å². The van der Waals surface area contributed by atoms with E-state index in [1.165, 1.54) is 18.1 Å². The smallest absolute Gasteiger partial charge is 0.308 e. The topological polar surface area (TPSA) is 26.3 Å². The van der Waals surface area contributed by atoms with Crippen LogP contribution in [0.5, 0.6) is 5.75 Å². The van der Waals surface area contributed by atoms with Gasteiger partial charge >= 0.3 is 5.97 Å². The summed E-state index contributed by atoms with van der Waals surface area (Å²) in [6, 6.07) is 7.56. The average Bonchev–Trinajstić information content (AvgIpc) is 2.60. The Kier molecular flexibility index (Phi) is 3.95. The Balaban J connectivity index is 2.04. The molecule has 1 aliphatic carbocycles. The molecule has 0 N–H and O–H groups in total. The van der Waals surface area contributed by atoms with E-state index in [4.69, 9.17) is 4.74 Å². The zero-order valence-electron chi connectivity index (χ0n) is 10.2. The molecule has 0 radical (unpaired) electrons. The van der Waals surface area contributed by atoms with Gasteiger partial charge in [-0.25, -0.2) is 0 Å². The van der Waals surface area contributed by atoms with Gasteiger partial charge in [-0.05, 0) is 41.8 Å². The van der Waals surface area contributed by atoms with E-state index in [0.717, 1.165) is 6.42 Å². The second-order valence-electron chi connectivity index (χ2n) is 4.02. The first-order chi connectivity index (χ1) is 8.74. The van der Waals surface area contributed by atoms with Crippen molar-refractivity contribution in [3.05, 3.63) is 71.5 Å². The van der Waals surface area contributed by atoms with E-state index in [9.17, 15) is 4.79 Å². The van der Waals surface area contributed by atoms with Crippen LogP contribution < -0.4 is 4.74 Å². The molecule has 0 aliphatic heterocycles. The summed E-state index contributed by atoms with van der Waals surface area (Å²) in [6.45, 7) is 1.40. The maximum atomic E-state index is 10.8. The molecule has 0 saturated heterocycles. The first kappa shape index (κ1) is 12.2. The third kappa shape index (κ3) is 3.62. The van der Waals surface area contributed by atoms with Crippen molar-refractivity contribution in [1.29, 1.82) is 0 Å². The number of hydrogen-bond acceptors (Lipinski definition) is 2. The Morgan fingerprint density at radius 2 is 2.00 bits per heavy atom. The number of esters is 1. The molecule has 0 aromatic heterocycles. The Morgan fingerprint density at radius 3 is 2.72 bits per heavy atom. The van der Waals surface area contributed by atoms with Crippen molar-refractivity contribution in [3.63, 3.8) is 0 Å². The van der Waals surface area contributed by atoms with Crippen LogP contribution >= 0.6 is 0 Å². The maximum absolute atomic E-state index is 10.8. The van der Waals surface area contributed by atoms with Gasteiger partial charge in [-0.3, -0.25) is 4.79 Å². The molecule has 1 aromatic rings. The highest BCUT2D eigenvalue weighted by Crippen LogP contribution is 2.16. The van der Waals surface area contributed by atoms with Gasteiger partial charge in [-0.2, -0.15) is 0 Å². The van der Waals surface area contributed by atoms with Crippen LogP contribution in [-0.4, -0.2) is 5.97 Å². The van der Waals surface area contributed by atoms with Gasteiger partial charge in [0, 0.05) is 6.92 Å². The molecular weight excluding hydrogens is 224 g/mol. The van der Waals surface area contributed by atoms with E-state index in [1.54, 1.807) is 0 Å². The normalized spacial score (nSPS) is 13.1. The molecule has 2 nitrogen and oxygen atoms in total. The highest BCUT2D eigenvalue weighted by Gasteiger charge is 2.00. The van der Waals surface area contributed by atoms with Crippen LogP contribution in [0, 0.1) is 0 Å². The Labute approximate surface area is 107 Å². The summed E-state index contributed by atoms with van der Waals surface area (Å²) in [6.07, 6.45) is 10.7. The molecule has 1 aromatic carbocycles. The van der Waals surface area contributed by atoms with E-state index in [-0.39, 0.29) is 5.97 Å². The minimum Gasteiger partial charge on any atom is -0.427 e. The van der Waals surface area contributed by atoms with Crippen molar-refractivity contribution in [2.75, 3.05) is 0 Å². The van der Waals surface area contributed by atoms with Crippen molar-refractivity contribution < 1.29 is 9.53 Å². The fourth-order valence-electron chi connectivity index (χ4n) is 1.69. The standard InChI is InChI=1S/C16H14O2/c1-13(17)18-16-10-8-15(9-11-16)12-14-6-4-2-3-5-7-14/h2,4-11H,12H2,1H3. The number of benzene rings is 1. The van der Waals surface area contributed by atoms with Crippen molar-refractivity contribution >= 4 is 5.97 Å². The third-order valence-electron chi connectivity index (χ3n) is 2.49. The molecule has 0 heterocycles. The highest BCUT2D eigenvalue weighted by atomic mass is 16.5. The van der Waals surface area contributed by atoms with E-state index >= 15 is 0 Å².